The number of aromatic nitrogens is 1. The molecule has 0 radical (unpaired) electrons. The topological polar surface area (TPSA) is 60.5 Å². The monoisotopic (exact) mass is 452 g/mol. The van der Waals surface area contributed by atoms with E-state index in [-0.39, 0.29) is 12.5 Å². The highest BCUT2D eigenvalue weighted by Crippen LogP contribution is 2.18. The third kappa shape index (κ3) is 6.60. The van der Waals surface area contributed by atoms with Crippen molar-refractivity contribution >= 4 is 34.2 Å². The van der Waals surface area contributed by atoms with Gasteiger partial charge in [0.2, 0.25) is 5.88 Å². The fraction of sp³-hybridized carbons (Fsp3) is 0.200. The van der Waals surface area contributed by atoms with Gasteiger partial charge in [-0.2, -0.15) is 13.2 Å². The van der Waals surface area contributed by atoms with Crippen LogP contribution >= 0.6 is 22.6 Å². The van der Waals surface area contributed by atoms with E-state index in [1.54, 1.807) is 12.1 Å². The normalized spacial score (nSPS) is 11.0. The quantitative estimate of drug-likeness (QED) is 0.681. The largest absolute Gasteiger partial charge is 0.484 e. The Balaban J connectivity index is 1.80. The smallest absolute Gasteiger partial charge is 0.422 e. The summed E-state index contributed by atoms with van der Waals surface area (Å²) >= 11 is 2.15. The maximum absolute atomic E-state index is 12.0. The highest BCUT2D eigenvalue weighted by molar-refractivity contribution is 14.1. The minimum Gasteiger partial charge on any atom is -0.484 e. The van der Waals surface area contributed by atoms with Crippen molar-refractivity contribution in [3.05, 3.63) is 46.2 Å². The van der Waals surface area contributed by atoms with Gasteiger partial charge in [0.15, 0.2) is 13.2 Å². The van der Waals surface area contributed by atoms with Gasteiger partial charge < -0.3 is 14.8 Å². The minimum absolute atomic E-state index is 0.180. The van der Waals surface area contributed by atoms with E-state index in [0.29, 0.717) is 11.4 Å². The average Bonchev–Trinajstić information content (AvgIpc) is 2.53. The van der Waals surface area contributed by atoms with Gasteiger partial charge in [-0.1, -0.05) is 0 Å². The summed E-state index contributed by atoms with van der Waals surface area (Å²) in [6.45, 7) is -1.62. The molecule has 0 bridgehead atoms. The number of benzene rings is 1. The maximum atomic E-state index is 12.0. The first-order valence-electron chi connectivity index (χ1n) is 6.66. The van der Waals surface area contributed by atoms with Crippen LogP contribution in [0, 0.1) is 3.57 Å². The third-order valence-corrected chi connectivity index (χ3v) is 3.31. The molecule has 128 valence electrons. The molecule has 1 N–H and O–H groups in total. The first-order valence-corrected chi connectivity index (χ1v) is 7.73. The van der Waals surface area contributed by atoms with E-state index in [9.17, 15) is 18.0 Å². The van der Waals surface area contributed by atoms with Crippen molar-refractivity contribution in [2.24, 2.45) is 0 Å². The Kier molecular flexibility index (Phi) is 6.23. The third-order valence-electron chi connectivity index (χ3n) is 2.59. The standard InChI is InChI=1S/C15H12F3IN2O3/c16-15(17,18)9-24-14-6-3-11(7-20-14)21-13(22)8-23-12-4-1-10(19)2-5-12/h1-7H,8-9H2,(H,21,22). The van der Waals surface area contributed by atoms with Gasteiger partial charge in [0.1, 0.15) is 5.75 Å². The molecule has 0 saturated carbocycles. The molecule has 0 aliphatic carbocycles. The van der Waals surface area contributed by atoms with Gasteiger partial charge in [-0.05, 0) is 52.9 Å². The Hall–Kier alpha value is -2.04. The van der Waals surface area contributed by atoms with E-state index in [0.717, 1.165) is 3.57 Å². The molecule has 24 heavy (non-hydrogen) atoms. The molecule has 5 nitrogen and oxygen atoms in total. The molecule has 0 unspecified atom stereocenters. The van der Waals surface area contributed by atoms with Gasteiger partial charge >= 0.3 is 6.18 Å². The zero-order chi connectivity index (χ0) is 17.6. The number of pyridine rings is 1. The number of nitrogens with one attached hydrogen (secondary N) is 1. The molecule has 0 spiro atoms. The lowest BCUT2D eigenvalue weighted by atomic mass is 10.3. The number of nitrogens with zero attached hydrogens (tertiary/aromatic N) is 1. The Bertz CT molecular complexity index is 676. The molecule has 0 aliphatic heterocycles. The van der Waals surface area contributed by atoms with Crippen molar-refractivity contribution in [1.29, 1.82) is 0 Å². The molecule has 0 aliphatic rings. The summed E-state index contributed by atoms with van der Waals surface area (Å²) in [4.78, 5) is 15.4. The molecule has 2 rings (SSSR count). The Morgan fingerprint density at radius 1 is 1.12 bits per heavy atom. The van der Waals surface area contributed by atoms with Crippen LogP contribution in [0.5, 0.6) is 11.6 Å². The molecule has 0 atom stereocenters. The fourth-order valence-corrected chi connectivity index (χ4v) is 1.93. The molecular formula is C15H12F3IN2O3. The molecular weight excluding hydrogens is 440 g/mol. The number of amides is 1. The first kappa shape index (κ1) is 18.3. The van der Waals surface area contributed by atoms with E-state index in [2.05, 4.69) is 37.6 Å². The molecule has 9 heteroatoms. The summed E-state index contributed by atoms with van der Waals surface area (Å²) in [7, 11) is 0. The lowest BCUT2D eigenvalue weighted by Gasteiger charge is -2.09. The Morgan fingerprint density at radius 3 is 2.42 bits per heavy atom. The van der Waals surface area contributed by atoms with Crippen LogP contribution in [0.2, 0.25) is 0 Å². The number of ether oxygens (including phenoxy) is 2. The van der Waals surface area contributed by atoms with Crippen LogP contribution in [0.15, 0.2) is 42.6 Å². The lowest BCUT2D eigenvalue weighted by molar-refractivity contribution is -0.154. The fourth-order valence-electron chi connectivity index (χ4n) is 1.57. The lowest BCUT2D eigenvalue weighted by Crippen LogP contribution is -2.21. The summed E-state index contributed by atoms with van der Waals surface area (Å²) in [6, 6.07) is 9.80. The Labute approximate surface area is 149 Å². The number of anilines is 1. The number of hydrogen-bond acceptors (Lipinski definition) is 4. The zero-order valence-electron chi connectivity index (χ0n) is 12.1. The van der Waals surface area contributed by atoms with Crippen molar-refractivity contribution in [2.75, 3.05) is 18.5 Å². The number of carbonyl (C=O) groups is 1. The van der Waals surface area contributed by atoms with Crippen LogP contribution in [0.4, 0.5) is 18.9 Å². The number of carbonyl (C=O) groups excluding carboxylic acids is 1. The summed E-state index contributed by atoms with van der Waals surface area (Å²) < 4.78 is 46.9. The predicted octanol–water partition coefficient (Wildman–Crippen LogP) is 3.64. The second-order valence-electron chi connectivity index (χ2n) is 4.58. The zero-order valence-corrected chi connectivity index (χ0v) is 14.3. The molecule has 0 fully saturated rings. The number of hydrogen-bond donors (Lipinski definition) is 1. The van der Waals surface area contributed by atoms with Gasteiger partial charge in [-0.15, -0.1) is 0 Å². The van der Waals surface area contributed by atoms with Gasteiger partial charge in [0.05, 0.1) is 11.9 Å². The van der Waals surface area contributed by atoms with Crippen LogP contribution in [0.3, 0.4) is 0 Å². The first-order chi connectivity index (χ1) is 11.3. The van der Waals surface area contributed by atoms with Crippen molar-refractivity contribution in [2.45, 2.75) is 6.18 Å². The van der Waals surface area contributed by atoms with Crippen LogP contribution in [-0.2, 0) is 4.79 Å². The highest BCUT2D eigenvalue weighted by atomic mass is 127. The minimum atomic E-state index is -4.43. The molecule has 0 saturated heterocycles. The van der Waals surface area contributed by atoms with Gasteiger partial charge in [0.25, 0.3) is 5.91 Å². The van der Waals surface area contributed by atoms with Crippen molar-refractivity contribution in [3.63, 3.8) is 0 Å². The number of halogens is 4. The summed E-state index contributed by atoms with van der Waals surface area (Å²) in [5.74, 6) is -0.0423. The molecule has 1 aromatic heterocycles. The van der Waals surface area contributed by atoms with E-state index >= 15 is 0 Å². The van der Waals surface area contributed by atoms with Crippen LogP contribution in [-0.4, -0.2) is 30.3 Å². The van der Waals surface area contributed by atoms with Crippen molar-refractivity contribution in [1.82, 2.24) is 4.98 Å². The van der Waals surface area contributed by atoms with Gasteiger partial charge in [-0.3, -0.25) is 4.79 Å². The SMILES string of the molecule is O=C(COc1ccc(I)cc1)Nc1ccc(OCC(F)(F)F)nc1. The average molecular weight is 452 g/mol. The van der Waals surface area contributed by atoms with Crippen LogP contribution < -0.4 is 14.8 Å². The van der Waals surface area contributed by atoms with Crippen LogP contribution in [0.1, 0.15) is 0 Å². The van der Waals surface area contributed by atoms with E-state index < -0.39 is 18.7 Å². The number of alkyl halides is 3. The molecule has 1 amide bonds. The summed E-state index contributed by atoms with van der Waals surface area (Å²) in [6.07, 6.45) is -3.23. The van der Waals surface area contributed by atoms with E-state index in [1.165, 1.54) is 18.3 Å². The molecule has 1 aromatic carbocycles. The molecule has 1 heterocycles. The summed E-state index contributed by atoms with van der Waals surface area (Å²) in [5, 5.41) is 2.52. The predicted molar refractivity (Wildman–Crippen MR) is 89.1 cm³/mol. The second kappa shape index (κ2) is 8.18. The van der Waals surface area contributed by atoms with E-state index in [4.69, 9.17) is 4.74 Å². The highest BCUT2D eigenvalue weighted by Gasteiger charge is 2.28. The number of rotatable bonds is 6. The van der Waals surface area contributed by atoms with Gasteiger partial charge in [-0.25, -0.2) is 4.98 Å². The van der Waals surface area contributed by atoms with Crippen molar-refractivity contribution in [3.8, 4) is 11.6 Å². The molecule has 2 aromatic rings. The van der Waals surface area contributed by atoms with Gasteiger partial charge in [0, 0.05) is 9.64 Å². The van der Waals surface area contributed by atoms with E-state index in [1.807, 2.05) is 12.1 Å². The van der Waals surface area contributed by atoms with Crippen LogP contribution in [0.25, 0.3) is 0 Å². The van der Waals surface area contributed by atoms with Crippen molar-refractivity contribution < 1.29 is 27.4 Å². The Morgan fingerprint density at radius 2 is 1.83 bits per heavy atom. The maximum Gasteiger partial charge on any atom is 0.422 e. The summed E-state index contributed by atoms with van der Waals surface area (Å²) in [5.41, 5.74) is 0.325. The second-order valence-corrected chi connectivity index (χ2v) is 5.83.